The number of nitrogens with one attached hydrogen (secondary N) is 1. The third-order valence-corrected chi connectivity index (χ3v) is 2.86. The Bertz CT molecular complexity index is 449. The van der Waals surface area contributed by atoms with Crippen molar-refractivity contribution >= 4 is 17.4 Å². The molecule has 19 heavy (non-hydrogen) atoms. The normalized spacial score (nSPS) is 13.7. The summed E-state index contributed by atoms with van der Waals surface area (Å²) in [5, 5.41) is 12.7. The van der Waals surface area contributed by atoms with Crippen molar-refractivity contribution in [3.63, 3.8) is 0 Å². The highest BCUT2D eigenvalue weighted by molar-refractivity contribution is 5.97. The second kappa shape index (κ2) is 6.48. The van der Waals surface area contributed by atoms with Crippen LogP contribution in [0, 0.1) is 0 Å². The van der Waals surface area contributed by atoms with Gasteiger partial charge < -0.3 is 10.4 Å². The van der Waals surface area contributed by atoms with Crippen molar-refractivity contribution in [1.29, 1.82) is 0 Å². The number of aliphatic hydroxyl groups is 1. The van der Waals surface area contributed by atoms with Crippen molar-refractivity contribution in [3.05, 3.63) is 29.8 Å². The molecule has 0 aliphatic rings. The Balaban J connectivity index is 2.70. The van der Waals surface area contributed by atoms with Gasteiger partial charge in [-0.1, -0.05) is 13.3 Å². The van der Waals surface area contributed by atoms with Crippen molar-refractivity contribution in [2.45, 2.75) is 45.6 Å². The van der Waals surface area contributed by atoms with E-state index in [2.05, 4.69) is 5.32 Å². The molecule has 4 nitrogen and oxygen atoms in total. The fraction of sp³-hybridized carbons (Fsp3) is 0.467. The summed E-state index contributed by atoms with van der Waals surface area (Å²) in [5.74, 6) is -0.238. The number of benzene rings is 1. The lowest BCUT2D eigenvalue weighted by atomic mass is 9.92. The average molecular weight is 263 g/mol. The highest BCUT2D eigenvalue weighted by Crippen LogP contribution is 2.20. The van der Waals surface area contributed by atoms with Crippen LogP contribution >= 0.6 is 0 Å². The molecule has 0 aromatic heterocycles. The Kier molecular flexibility index (Phi) is 5.24. The first-order valence-corrected chi connectivity index (χ1v) is 6.47. The summed E-state index contributed by atoms with van der Waals surface area (Å²) in [6.07, 6.45) is 1.55. The van der Waals surface area contributed by atoms with Crippen molar-refractivity contribution in [3.8, 4) is 0 Å². The molecular formula is C15H21NO3. The van der Waals surface area contributed by atoms with Gasteiger partial charge in [-0.25, -0.2) is 0 Å². The summed E-state index contributed by atoms with van der Waals surface area (Å²) >= 11 is 0. The van der Waals surface area contributed by atoms with E-state index in [1.165, 1.54) is 6.92 Å². The van der Waals surface area contributed by atoms with Crippen LogP contribution in [0.15, 0.2) is 24.3 Å². The molecule has 0 aliphatic heterocycles. The first kappa shape index (κ1) is 15.4. The smallest absolute Gasteiger partial charge is 0.221 e. The van der Waals surface area contributed by atoms with Crippen LogP contribution in [0.5, 0.6) is 0 Å². The van der Waals surface area contributed by atoms with Gasteiger partial charge in [-0.05, 0) is 37.6 Å². The van der Waals surface area contributed by atoms with E-state index in [0.717, 1.165) is 6.42 Å². The second-order valence-electron chi connectivity index (χ2n) is 5.11. The molecule has 1 aromatic rings. The number of rotatable bonds is 6. The largest absolute Gasteiger partial charge is 0.390 e. The Hall–Kier alpha value is -1.68. The third-order valence-electron chi connectivity index (χ3n) is 2.86. The molecule has 0 bridgehead atoms. The minimum absolute atomic E-state index is 0.0900. The molecule has 0 radical (unpaired) electrons. The maximum absolute atomic E-state index is 12.0. The first-order valence-electron chi connectivity index (χ1n) is 6.47. The van der Waals surface area contributed by atoms with Gasteiger partial charge >= 0.3 is 0 Å². The van der Waals surface area contributed by atoms with E-state index in [-0.39, 0.29) is 18.1 Å². The summed E-state index contributed by atoms with van der Waals surface area (Å²) in [6.45, 7) is 5.09. The molecule has 1 rings (SSSR count). The highest BCUT2D eigenvalue weighted by atomic mass is 16.3. The third kappa shape index (κ3) is 5.22. The molecule has 0 spiro atoms. The topological polar surface area (TPSA) is 66.4 Å². The van der Waals surface area contributed by atoms with Crippen LogP contribution in [0.2, 0.25) is 0 Å². The van der Waals surface area contributed by atoms with E-state index in [4.69, 9.17) is 0 Å². The number of anilines is 1. The predicted octanol–water partition coefficient (Wildman–Crippen LogP) is 2.77. The molecule has 1 amide bonds. The van der Waals surface area contributed by atoms with Crippen LogP contribution in [-0.4, -0.2) is 22.4 Å². The standard InChI is InChI=1S/C15H21NO3/c1-4-9-15(3,19)10-14(18)12-5-7-13(8-6-12)16-11(2)17/h5-8,19H,4,9-10H2,1-3H3,(H,16,17)/t15-/m1/s1. The van der Waals surface area contributed by atoms with Crippen LogP contribution in [0.4, 0.5) is 5.69 Å². The summed E-state index contributed by atoms with van der Waals surface area (Å²) in [6, 6.07) is 6.69. The van der Waals surface area contributed by atoms with Gasteiger partial charge in [-0.2, -0.15) is 0 Å². The molecule has 0 saturated heterocycles. The molecule has 1 atom stereocenters. The minimum atomic E-state index is -0.956. The van der Waals surface area contributed by atoms with E-state index >= 15 is 0 Å². The number of hydrogen-bond donors (Lipinski definition) is 2. The molecule has 1 aromatic carbocycles. The van der Waals surface area contributed by atoms with Gasteiger partial charge in [0.2, 0.25) is 5.91 Å². The van der Waals surface area contributed by atoms with E-state index in [9.17, 15) is 14.7 Å². The molecule has 0 fully saturated rings. The van der Waals surface area contributed by atoms with Gasteiger partial charge in [0.05, 0.1) is 5.60 Å². The predicted molar refractivity (Wildman–Crippen MR) is 75.2 cm³/mol. The monoisotopic (exact) mass is 263 g/mol. The molecular weight excluding hydrogens is 242 g/mol. The van der Waals surface area contributed by atoms with Crippen LogP contribution in [0.3, 0.4) is 0 Å². The Morgan fingerprint density at radius 1 is 1.26 bits per heavy atom. The van der Waals surface area contributed by atoms with Gasteiger partial charge in [-0.15, -0.1) is 0 Å². The zero-order valence-electron chi connectivity index (χ0n) is 11.7. The SMILES string of the molecule is CCC[C@@](C)(O)CC(=O)c1ccc(NC(C)=O)cc1. The van der Waals surface area contributed by atoms with Crippen molar-refractivity contribution < 1.29 is 14.7 Å². The quantitative estimate of drug-likeness (QED) is 0.775. The molecule has 0 aliphatic carbocycles. The Morgan fingerprint density at radius 3 is 2.32 bits per heavy atom. The molecule has 0 saturated carbocycles. The summed E-state index contributed by atoms with van der Waals surface area (Å²) in [7, 11) is 0. The average Bonchev–Trinajstić information content (AvgIpc) is 2.28. The highest BCUT2D eigenvalue weighted by Gasteiger charge is 2.23. The zero-order valence-corrected chi connectivity index (χ0v) is 11.7. The maximum atomic E-state index is 12.0. The number of Topliss-reactive ketones (excluding diaryl/α,β-unsaturated/α-hetero) is 1. The number of carbonyl (C=O) groups is 2. The molecule has 104 valence electrons. The zero-order chi connectivity index (χ0) is 14.5. The lowest BCUT2D eigenvalue weighted by Crippen LogP contribution is -2.27. The molecule has 4 heteroatoms. The van der Waals surface area contributed by atoms with Gasteiger partial charge in [0, 0.05) is 24.6 Å². The van der Waals surface area contributed by atoms with Gasteiger partial charge in [-0.3, -0.25) is 9.59 Å². The second-order valence-corrected chi connectivity index (χ2v) is 5.11. The number of hydrogen-bond acceptors (Lipinski definition) is 3. The van der Waals surface area contributed by atoms with Gasteiger partial charge in [0.1, 0.15) is 0 Å². The fourth-order valence-corrected chi connectivity index (χ4v) is 2.02. The van der Waals surface area contributed by atoms with E-state index < -0.39 is 5.60 Å². The number of amides is 1. The van der Waals surface area contributed by atoms with Crippen molar-refractivity contribution in [2.24, 2.45) is 0 Å². The lowest BCUT2D eigenvalue weighted by Gasteiger charge is -2.21. The van der Waals surface area contributed by atoms with Crippen LogP contribution in [-0.2, 0) is 4.79 Å². The number of carbonyl (C=O) groups excluding carboxylic acids is 2. The fourth-order valence-electron chi connectivity index (χ4n) is 2.02. The van der Waals surface area contributed by atoms with Crippen molar-refractivity contribution in [1.82, 2.24) is 0 Å². The first-order chi connectivity index (χ1) is 8.84. The number of ketones is 1. The van der Waals surface area contributed by atoms with Crippen LogP contribution in [0.25, 0.3) is 0 Å². The van der Waals surface area contributed by atoms with Crippen LogP contribution in [0.1, 0.15) is 50.4 Å². The Labute approximate surface area is 113 Å². The van der Waals surface area contributed by atoms with E-state index in [0.29, 0.717) is 17.7 Å². The Morgan fingerprint density at radius 2 is 1.84 bits per heavy atom. The maximum Gasteiger partial charge on any atom is 0.221 e. The van der Waals surface area contributed by atoms with Gasteiger partial charge in [0.15, 0.2) is 5.78 Å². The van der Waals surface area contributed by atoms with Crippen molar-refractivity contribution in [2.75, 3.05) is 5.32 Å². The van der Waals surface area contributed by atoms with Crippen LogP contribution < -0.4 is 5.32 Å². The lowest BCUT2D eigenvalue weighted by molar-refractivity contribution is -0.114. The van der Waals surface area contributed by atoms with E-state index in [1.54, 1.807) is 31.2 Å². The van der Waals surface area contributed by atoms with E-state index in [1.807, 2.05) is 6.92 Å². The molecule has 0 heterocycles. The molecule has 2 N–H and O–H groups in total. The summed E-state index contributed by atoms with van der Waals surface area (Å²) < 4.78 is 0. The van der Waals surface area contributed by atoms with Gasteiger partial charge in [0.25, 0.3) is 0 Å². The minimum Gasteiger partial charge on any atom is -0.390 e. The summed E-state index contributed by atoms with van der Waals surface area (Å²) in [5.41, 5.74) is 0.247. The molecule has 0 unspecified atom stereocenters. The summed E-state index contributed by atoms with van der Waals surface area (Å²) in [4.78, 5) is 22.9.